The second kappa shape index (κ2) is 9.80. The maximum absolute atomic E-state index is 13.6. The van der Waals surface area contributed by atoms with E-state index in [1.54, 1.807) is 37.3 Å². The number of thioether (sulfide) groups is 1. The molecule has 0 amide bonds. The highest BCUT2D eigenvalue weighted by molar-refractivity contribution is 7.98. The van der Waals surface area contributed by atoms with Crippen molar-refractivity contribution in [2.45, 2.75) is 24.8 Å². The number of hydrogen-bond acceptors (Lipinski definition) is 7. The Morgan fingerprint density at radius 1 is 1.21 bits per heavy atom. The molecule has 4 rings (SSSR count). The maximum atomic E-state index is 13.6. The summed E-state index contributed by atoms with van der Waals surface area (Å²) in [6, 6.07) is 14.7. The second-order valence-corrected chi connectivity index (χ2v) is 9.21. The molecule has 0 spiro atoms. The van der Waals surface area contributed by atoms with E-state index in [2.05, 4.69) is 4.99 Å². The van der Waals surface area contributed by atoms with E-state index in [4.69, 9.17) is 9.47 Å². The number of allylic oxidation sites excluding steroid dienone is 1. The van der Waals surface area contributed by atoms with Crippen LogP contribution in [0.4, 0.5) is 0 Å². The average molecular weight is 481 g/mol. The summed E-state index contributed by atoms with van der Waals surface area (Å²) in [6.07, 6.45) is 3.88. The molecular formula is C25H24N2O4S2. The highest BCUT2D eigenvalue weighted by Crippen LogP contribution is 2.35. The number of rotatable bonds is 6. The lowest BCUT2D eigenvalue weighted by Gasteiger charge is -2.25. The minimum absolute atomic E-state index is 0.210. The van der Waals surface area contributed by atoms with Gasteiger partial charge >= 0.3 is 5.97 Å². The van der Waals surface area contributed by atoms with Crippen LogP contribution in [0.5, 0.6) is 5.75 Å². The number of para-hydroxylation sites is 1. The zero-order valence-corrected chi connectivity index (χ0v) is 20.5. The van der Waals surface area contributed by atoms with Crippen LogP contribution >= 0.6 is 23.1 Å². The smallest absolute Gasteiger partial charge is 0.338 e. The molecule has 2 aromatic carbocycles. The van der Waals surface area contributed by atoms with Crippen LogP contribution in [0.25, 0.3) is 6.08 Å². The van der Waals surface area contributed by atoms with Gasteiger partial charge < -0.3 is 9.47 Å². The summed E-state index contributed by atoms with van der Waals surface area (Å²) < 4.78 is 13.0. The standard InChI is InChI=1S/C25H24N2O4S2/c1-5-31-24(29)21-15(2)26-25-27(22(21)18-8-6-7-9-19(18)30-3)23(28)20(33-25)14-16-10-12-17(32-4)13-11-16/h6-14,22H,5H2,1-4H3/b20-14+/t22-/m1/s1. The first-order valence-electron chi connectivity index (χ1n) is 10.4. The third-order valence-corrected chi connectivity index (χ3v) is 7.09. The number of carbonyl (C=O) groups is 1. The minimum atomic E-state index is -0.697. The molecular weight excluding hydrogens is 456 g/mol. The van der Waals surface area contributed by atoms with E-state index < -0.39 is 12.0 Å². The van der Waals surface area contributed by atoms with E-state index in [9.17, 15) is 9.59 Å². The summed E-state index contributed by atoms with van der Waals surface area (Å²) in [5.74, 6) is 0.0952. The topological polar surface area (TPSA) is 69.9 Å². The molecule has 6 nitrogen and oxygen atoms in total. The summed E-state index contributed by atoms with van der Waals surface area (Å²) in [6.45, 7) is 3.75. The van der Waals surface area contributed by atoms with Gasteiger partial charge in [0.15, 0.2) is 4.80 Å². The van der Waals surface area contributed by atoms with Crippen LogP contribution < -0.4 is 19.6 Å². The highest BCUT2D eigenvalue weighted by atomic mass is 32.2. The van der Waals surface area contributed by atoms with Gasteiger partial charge in [0.25, 0.3) is 5.56 Å². The number of nitrogens with zero attached hydrogens (tertiary/aromatic N) is 2. The van der Waals surface area contributed by atoms with Crippen molar-refractivity contribution in [3.05, 3.63) is 90.6 Å². The van der Waals surface area contributed by atoms with Crippen LogP contribution in [0, 0.1) is 0 Å². The molecule has 0 fully saturated rings. The molecule has 0 aliphatic carbocycles. The number of methoxy groups -OCH3 is 1. The summed E-state index contributed by atoms with van der Waals surface area (Å²) in [5.41, 5.74) is 2.28. The predicted molar refractivity (Wildman–Crippen MR) is 132 cm³/mol. The Kier molecular flexibility index (Phi) is 6.85. The van der Waals surface area contributed by atoms with Gasteiger partial charge in [0.05, 0.1) is 29.5 Å². The Morgan fingerprint density at radius 3 is 2.61 bits per heavy atom. The van der Waals surface area contributed by atoms with Gasteiger partial charge in [-0.15, -0.1) is 11.8 Å². The summed E-state index contributed by atoms with van der Waals surface area (Å²) >= 11 is 2.97. The SMILES string of the molecule is CCOC(=O)C1=C(C)N=c2s/c(=C/c3ccc(SC)cc3)c(=O)n2[C@@H]1c1ccccc1OC. The zero-order chi connectivity index (χ0) is 23.5. The van der Waals surface area contributed by atoms with Gasteiger partial charge in [-0.2, -0.15) is 0 Å². The van der Waals surface area contributed by atoms with Crippen molar-refractivity contribution in [2.24, 2.45) is 4.99 Å². The number of hydrogen-bond donors (Lipinski definition) is 0. The first-order chi connectivity index (χ1) is 16.0. The van der Waals surface area contributed by atoms with Gasteiger partial charge in [-0.25, -0.2) is 9.79 Å². The molecule has 1 atom stereocenters. The number of thiazole rings is 1. The van der Waals surface area contributed by atoms with Crippen LogP contribution in [0.2, 0.25) is 0 Å². The van der Waals surface area contributed by atoms with E-state index in [0.717, 1.165) is 10.5 Å². The normalized spacial score (nSPS) is 15.8. The molecule has 0 saturated heterocycles. The third-order valence-electron chi connectivity index (χ3n) is 5.36. The fourth-order valence-electron chi connectivity index (χ4n) is 3.83. The molecule has 2 heterocycles. The van der Waals surface area contributed by atoms with Crippen LogP contribution in [0.1, 0.15) is 31.0 Å². The number of fused-ring (bicyclic) bond motifs is 1. The molecule has 0 N–H and O–H groups in total. The number of esters is 1. The molecule has 170 valence electrons. The van der Waals surface area contributed by atoms with Crippen LogP contribution in [0.15, 0.2) is 74.5 Å². The highest BCUT2D eigenvalue weighted by Gasteiger charge is 2.34. The van der Waals surface area contributed by atoms with Gasteiger partial charge in [0.2, 0.25) is 0 Å². The lowest BCUT2D eigenvalue weighted by Crippen LogP contribution is -2.40. The van der Waals surface area contributed by atoms with Crippen molar-refractivity contribution in [2.75, 3.05) is 20.0 Å². The van der Waals surface area contributed by atoms with Gasteiger partial charge in [0.1, 0.15) is 11.8 Å². The van der Waals surface area contributed by atoms with E-state index in [1.807, 2.05) is 60.9 Å². The fourth-order valence-corrected chi connectivity index (χ4v) is 5.28. The lowest BCUT2D eigenvalue weighted by molar-refractivity contribution is -0.139. The van der Waals surface area contributed by atoms with E-state index in [-0.39, 0.29) is 12.2 Å². The van der Waals surface area contributed by atoms with Gasteiger partial charge in [0, 0.05) is 10.5 Å². The van der Waals surface area contributed by atoms with Crippen molar-refractivity contribution in [3.63, 3.8) is 0 Å². The first-order valence-corrected chi connectivity index (χ1v) is 12.5. The maximum Gasteiger partial charge on any atom is 0.338 e. The molecule has 1 aromatic heterocycles. The Bertz CT molecular complexity index is 1400. The fraction of sp³-hybridized carbons (Fsp3) is 0.240. The van der Waals surface area contributed by atoms with E-state index >= 15 is 0 Å². The summed E-state index contributed by atoms with van der Waals surface area (Å²) in [5, 5.41) is 0. The summed E-state index contributed by atoms with van der Waals surface area (Å²) in [4.78, 5) is 32.9. The predicted octanol–water partition coefficient (Wildman–Crippen LogP) is 3.53. The van der Waals surface area contributed by atoms with Gasteiger partial charge in [-0.05, 0) is 49.9 Å². The van der Waals surface area contributed by atoms with Gasteiger partial charge in [-0.3, -0.25) is 9.36 Å². The van der Waals surface area contributed by atoms with Crippen molar-refractivity contribution in [1.29, 1.82) is 0 Å². The molecule has 1 aliphatic heterocycles. The largest absolute Gasteiger partial charge is 0.496 e. The quantitative estimate of drug-likeness (QED) is 0.399. The average Bonchev–Trinajstić information content (AvgIpc) is 3.13. The number of aromatic nitrogens is 1. The number of benzene rings is 2. The van der Waals surface area contributed by atoms with Crippen LogP contribution in [-0.2, 0) is 9.53 Å². The molecule has 0 bridgehead atoms. The molecule has 0 saturated carbocycles. The van der Waals surface area contributed by atoms with Crippen molar-refractivity contribution < 1.29 is 14.3 Å². The molecule has 1 aliphatic rings. The Morgan fingerprint density at radius 2 is 1.94 bits per heavy atom. The summed E-state index contributed by atoms with van der Waals surface area (Å²) in [7, 11) is 1.57. The second-order valence-electron chi connectivity index (χ2n) is 7.32. The van der Waals surface area contributed by atoms with Crippen molar-refractivity contribution >= 4 is 35.1 Å². The Hall–Kier alpha value is -3.10. The van der Waals surface area contributed by atoms with E-state index in [1.165, 1.54) is 11.3 Å². The van der Waals surface area contributed by atoms with Crippen molar-refractivity contribution in [1.82, 2.24) is 4.57 Å². The molecule has 8 heteroatoms. The first kappa shape index (κ1) is 23.1. The molecule has 33 heavy (non-hydrogen) atoms. The van der Waals surface area contributed by atoms with Gasteiger partial charge in [-0.1, -0.05) is 41.7 Å². The van der Waals surface area contributed by atoms with E-state index in [0.29, 0.717) is 31.9 Å². The van der Waals surface area contributed by atoms with Crippen LogP contribution in [-0.4, -0.2) is 30.5 Å². The molecule has 0 radical (unpaired) electrons. The molecule has 3 aromatic rings. The number of carbonyl (C=O) groups excluding carboxylic acids is 1. The molecule has 0 unspecified atom stereocenters. The Labute approximate surface area is 199 Å². The Balaban J connectivity index is 1.95. The lowest BCUT2D eigenvalue weighted by atomic mass is 9.95. The van der Waals surface area contributed by atoms with Crippen LogP contribution in [0.3, 0.4) is 0 Å². The monoisotopic (exact) mass is 480 g/mol. The minimum Gasteiger partial charge on any atom is -0.496 e. The zero-order valence-electron chi connectivity index (χ0n) is 18.8. The number of ether oxygens (including phenoxy) is 2. The van der Waals surface area contributed by atoms with Crippen molar-refractivity contribution in [3.8, 4) is 5.75 Å². The third kappa shape index (κ3) is 4.41.